The number of amides is 10. The SMILES string of the molecule is CCC(C)[C@H]1C(=O)NCC(=O)N(C)[C@@H](C(C)C)C(=O)N[C@@H](Cc2ccc(OC)cc2)C(=O)O[C@H](C)C(=O)N2CCCC[C@H]2C(=O)N(C)[C@@H](C(C)C)C(=O)N[C@@H](C(C)C)C(=O)N(C)[C@@H](CC(=O)NCCN(C)C)C(=O)N(C)[C@@H](C(C)CC)C(=O)N1C. The summed E-state index contributed by atoms with van der Waals surface area (Å²) in [7, 11) is 12.2. The van der Waals surface area contributed by atoms with Gasteiger partial charge in [0.05, 0.1) is 20.1 Å². The molecule has 2 aliphatic heterocycles. The average Bonchev–Trinajstić information content (AvgIpc) is 2.56. The fourth-order valence-electron chi connectivity index (χ4n) is 11.2. The number of ether oxygens (including phenoxy) is 2. The van der Waals surface area contributed by atoms with Crippen molar-refractivity contribution in [1.29, 1.82) is 0 Å². The van der Waals surface area contributed by atoms with E-state index in [2.05, 4.69) is 21.3 Å². The number of hydrogen-bond acceptors (Lipinski definition) is 14. The molecular weight excluding hydrogens is 1090 g/mol. The maximum Gasteiger partial charge on any atom is 0.329 e. The van der Waals surface area contributed by atoms with E-state index in [1.54, 1.807) is 79.7 Å². The van der Waals surface area contributed by atoms with E-state index in [0.717, 1.165) is 9.80 Å². The van der Waals surface area contributed by atoms with Gasteiger partial charge in [-0.2, -0.15) is 0 Å². The molecule has 24 heteroatoms. The lowest BCUT2D eigenvalue weighted by Gasteiger charge is -2.41. The van der Waals surface area contributed by atoms with Crippen molar-refractivity contribution < 1.29 is 62.2 Å². The van der Waals surface area contributed by atoms with Crippen LogP contribution < -0.4 is 26.0 Å². The number of carbonyl (C=O) groups is 11. The molecule has 478 valence electrons. The van der Waals surface area contributed by atoms with Gasteiger partial charge in [0.25, 0.3) is 5.91 Å². The first-order valence-electron chi connectivity index (χ1n) is 30.0. The Balaban J connectivity index is 2.30. The van der Waals surface area contributed by atoms with Gasteiger partial charge in [0, 0.05) is 61.3 Å². The first-order valence-corrected chi connectivity index (χ1v) is 30.0. The Labute approximate surface area is 504 Å². The van der Waals surface area contributed by atoms with Crippen LogP contribution >= 0.6 is 0 Å². The molecule has 4 N–H and O–H groups in total. The van der Waals surface area contributed by atoms with Crippen molar-refractivity contribution in [1.82, 2.24) is 55.6 Å². The third-order valence-corrected chi connectivity index (χ3v) is 16.7. The second kappa shape index (κ2) is 33.2. The highest BCUT2D eigenvalue weighted by molar-refractivity contribution is 6.00. The number of benzene rings is 1. The number of esters is 1. The zero-order chi connectivity index (χ0) is 64.5. The number of carbonyl (C=O) groups excluding carboxylic acids is 11. The van der Waals surface area contributed by atoms with Gasteiger partial charge in [-0.3, -0.25) is 47.9 Å². The minimum Gasteiger partial charge on any atom is -0.497 e. The number of fused-ring (bicyclic) bond motifs is 1. The van der Waals surface area contributed by atoms with E-state index >= 15 is 14.4 Å². The Kier molecular flexibility index (Phi) is 28.2. The van der Waals surface area contributed by atoms with Crippen molar-refractivity contribution in [2.24, 2.45) is 29.6 Å². The molecule has 85 heavy (non-hydrogen) atoms. The molecule has 0 radical (unpaired) electrons. The standard InChI is InChI=1S/C61H101N11O13/c1-20-38(9)51-53(75)63-34-47(74)68(15)49(36(5)6)54(76)64-43(32-41-25-27-42(84-19)28-26-41)61(83)85-40(11)56(78)72-30-23-22-24-44(72)57(79)69(16)50(37(7)8)55(77)65-48(35(3)4)59(81)67(14)45(33-46(73)62-29-31-66(12)13)58(80)71(18)52(39(10)21-2)60(82)70(51)17/h25-28,35-40,43-45,48-52H,20-24,29-34H2,1-19H3,(H,62,73)(H,63,75)(H,64,76)(H,65,77)/t38?,39?,40-,43+,44+,45+,48+,49+,50+,51+,52+/m1/s1. The molecule has 2 unspecified atom stereocenters. The Bertz CT molecular complexity index is 2490. The number of methoxy groups -OCH3 is 1. The Morgan fingerprint density at radius 1 is 0.659 bits per heavy atom. The van der Waals surface area contributed by atoms with Crippen molar-refractivity contribution in [3.63, 3.8) is 0 Å². The molecule has 10 amide bonds. The third kappa shape index (κ3) is 19.1. The summed E-state index contributed by atoms with van der Waals surface area (Å²) in [6.45, 7) is 19.0. The van der Waals surface area contributed by atoms with Crippen LogP contribution in [0.1, 0.15) is 120 Å². The molecule has 2 saturated heterocycles. The highest BCUT2D eigenvalue weighted by Crippen LogP contribution is 2.27. The van der Waals surface area contributed by atoms with Crippen LogP contribution in [-0.4, -0.2) is 236 Å². The molecule has 3 rings (SSSR count). The van der Waals surface area contributed by atoms with Gasteiger partial charge in [-0.05, 0) is 87.6 Å². The smallest absolute Gasteiger partial charge is 0.329 e. The fourth-order valence-corrected chi connectivity index (χ4v) is 11.2. The molecule has 24 nitrogen and oxygen atoms in total. The Morgan fingerprint density at radius 3 is 1.74 bits per heavy atom. The van der Waals surface area contributed by atoms with E-state index in [-0.39, 0.29) is 25.9 Å². The van der Waals surface area contributed by atoms with Gasteiger partial charge in [-0.1, -0.05) is 94.2 Å². The fraction of sp³-hybridized carbons (Fsp3) is 0.721. The van der Waals surface area contributed by atoms with E-state index in [1.807, 2.05) is 32.8 Å². The van der Waals surface area contributed by atoms with Crippen LogP contribution in [0.25, 0.3) is 0 Å². The summed E-state index contributed by atoms with van der Waals surface area (Å²) in [6.07, 6.45) is -0.0340. The van der Waals surface area contributed by atoms with Gasteiger partial charge in [0.2, 0.25) is 53.2 Å². The van der Waals surface area contributed by atoms with E-state index in [0.29, 0.717) is 43.5 Å². The maximum absolute atomic E-state index is 15.2. The van der Waals surface area contributed by atoms with Crippen LogP contribution in [0, 0.1) is 29.6 Å². The molecule has 1 aromatic carbocycles. The predicted molar refractivity (Wildman–Crippen MR) is 321 cm³/mol. The van der Waals surface area contributed by atoms with Gasteiger partial charge in [0.1, 0.15) is 54.1 Å². The molecule has 0 bridgehead atoms. The Morgan fingerprint density at radius 2 is 1.20 bits per heavy atom. The summed E-state index contributed by atoms with van der Waals surface area (Å²) in [5.41, 5.74) is 0.588. The second-order valence-electron chi connectivity index (χ2n) is 24.4. The van der Waals surface area contributed by atoms with Crippen molar-refractivity contribution in [3.8, 4) is 5.75 Å². The van der Waals surface area contributed by atoms with E-state index in [9.17, 15) is 38.4 Å². The summed E-state index contributed by atoms with van der Waals surface area (Å²) in [6, 6.07) is -3.40. The summed E-state index contributed by atoms with van der Waals surface area (Å²) >= 11 is 0. The molecule has 0 aromatic heterocycles. The largest absolute Gasteiger partial charge is 0.497 e. The highest BCUT2D eigenvalue weighted by Gasteiger charge is 2.46. The zero-order valence-corrected chi connectivity index (χ0v) is 54.1. The second-order valence-corrected chi connectivity index (χ2v) is 24.4. The quantitative estimate of drug-likeness (QED) is 0.183. The van der Waals surface area contributed by atoms with Crippen LogP contribution in [0.15, 0.2) is 24.3 Å². The van der Waals surface area contributed by atoms with Gasteiger partial charge >= 0.3 is 5.97 Å². The molecule has 0 spiro atoms. The molecule has 2 fully saturated rings. The third-order valence-electron chi connectivity index (χ3n) is 16.7. The normalized spacial score (nSPS) is 25.9. The van der Waals surface area contributed by atoms with Crippen LogP contribution in [0.2, 0.25) is 0 Å². The number of nitrogens with zero attached hydrogens (tertiary/aromatic N) is 7. The molecule has 0 saturated carbocycles. The highest BCUT2D eigenvalue weighted by atomic mass is 16.5. The number of nitrogens with one attached hydrogen (secondary N) is 4. The molecule has 0 aliphatic carbocycles. The molecule has 1 aromatic rings. The topological polar surface area (TPSA) is 277 Å². The first kappa shape index (κ1) is 72.4. The van der Waals surface area contributed by atoms with Crippen molar-refractivity contribution in [2.45, 2.75) is 176 Å². The van der Waals surface area contributed by atoms with Crippen LogP contribution in [0.4, 0.5) is 0 Å². The molecular formula is C61H101N11O13. The minimum atomic E-state index is -1.52. The van der Waals surface area contributed by atoms with Gasteiger partial charge < -0.3 is 65.0 Å². The van der Waals surface area contributed by atoms with Crippen LogP contribution in [0.5, 0.6) is 5.75 Å². The number of rotatable bonds is 15. The van der Waals surface area contributed by atoms with Crippen LogP contribution in [-0.2, 0) is 63.9 Å². The monoisotopic (exact) mass is 1200 g/mol. The number of piperidine rings is 1. The number of hydrogen-bond donors (Lipinski definition) is 4. The van der Waals surface area contributed by atoms with Gasteiger partial charge in [-0.25, -0.2) is 4.79 Å². The Hall–Kier alpha value is -6.85. The summed E-state index contributed by atoms with van der Waals surface area (Å²) in [4.78, 5) is 170. The molecule has 11 atom stereocenters. The van der Waals surface area contributed by atoms with Crippen molar-refractivity contribution >= 4 is 65.0 Å². The predicted octanol–water partition coefficient (Wildman–Crippen LogP) is 1.91. The number of likely N-dealkylation sites (N-methyl/N-ethyl adjacent to an activating group) is 6. The summed E-state index contributed by atoms with van der Waals surface area (Å²) in [5.74, 6) is -9.95. The van der Waals surface area contributed by atoms with E-state index in [4.69, 9.17) is 9.47 Å². The lowest BCUT2D eigenvalue weighted by Crippen LogP contribution is -2.63. The van der Waals surface area contributed by atoms with Crippen molar-refractivity contribution in [2.75, 3.05) is 82.6 Å². The minimum absolute atomic E-state index is 0.109. The van der Waals surface area contributed by atoms with Crippen LogP contribution in [0.3, 0.4) is 0 Å². The first-order chi connectivity index (χ1) is 39.8. The maximum atomic E-state index is 15.2. The zero-order valence-electron chi connectivity index (χ0n) is 54.1. The van der Waals surface area contributed by atoms with E-state index < -0.39 is 162 Å². The molecule has 2 aliphatic rings. The van der Waals surface area contributed by atoms with Crippen molar-refractivity contribution in [3.05, 3.63) is 29.8 Å². The lowest BCUT2D eigenvalue weighted by atomic mass is 9.92. The number of cyclic esters (lactones) is 1. The van der Waals surface area contributed by atoms with E-state index in [1.165, 1.54) is 68.9 Å². The summed E-state index contributed by atoms with van der Waals surface area (Å²) in [5, 5.41) is 11.1. The van der Waals surface area contributed by atoms with Gasteiger partial charge in [-0.15, -0.1) is 0 Å². The lowest BCUT2D eigenvalue weighted by molar-refractivity contribution is -0.165. The average molecular weight is 1200 g/mol. The molecule has 2 heterocycles. The summed E-state index contributed by atoms with van der Waals surface area (Å²) < 4.78 is 11.2. The van der Waals surface area contributed by atoms with Gasteiger partial charge in [0.15, 0.2) is 6.10 Å².